The molecule has 1 aromatic carbocycles. The van der Waals surface area contributed by atoms with E-state index in [0.29, 0.717) is 0 Å². The second kappa shape index (κ2) is 4.48. The Kier molecular flexibility index (Phi) is 2.60. The standard InChI is InChI=1S/C16H16N4O/c1-11-7-12-8-13(3-4-15(12)21-11)20-6-5-18-16(20)14-9-17-10-19(14)2/h3-6,8-11H,7H2,1-2H3. The lowest BCUT2D eigenvalue weighted by molar-refractivity contribution is 0.254. The van der Waals surface area contributed by atoms with Crippen molar-refractivity contribution < 1.29 is 4.74 Å². The van der Waals surface area contributed by atoms with Crippen LogP contribution in [-0.2, 0) is 13.5 Å². The Balaban J connectivity index is 1.81. The molecule has 0 spiro atoms. The van der Waals surface area contributed by atoms with Crippen LogP contribution in [0.3, 0.4) is 0 Å². The van der Waals surface area contributed by atoms with Gasteiger partial charge in [0.15, 0.2) is 5.82 Å². The van der Waals surface area contributed by atoms with Crippen LogP contribution in [-0.4, -0.2) is 25.2 Å². The largest absolute Gasteiger partial charge is 0.490 e. The highest BCUT2D eigenvalue weighted by atomic mass is 16.5. The number of ether oxygens (including phenoxy) is 1. The van der Waals surface area contributed by atoms with Crippen LogP contribution < -0.4 is 4.74 Å². The molecule has 21 heavy (non-hydrogen) atoms. The lowest BCUT2D eigenvalue weighted by Crippen LogP contribution is -2.05. The summed E-state index contributed by atoms with van der Waals surface area (Å²) in [6.45, 7) is 2.10. The van der Waals surface area contributed by atoms with Crippen LogP contribution in [0.4, 0.5) is 0 Å². The summed E-state index contributed by atoms with van der Waals surface area (Å²) in [4.78, 5) is 8.65. The van der Waals surface area contributed by atoms with Crippen LogP contribution >= 0.6 is 0 Å². The zero-order valence-electron chi connectivity index (χ0n) is 12.0. The van der Waals surface area contributed by atoms with Gasteiger partial charge in [-0.15, -0.1) is 0 Å². The highest BCUT2D eigenvalue weighted by Gasteiger charge is 2.20. The molecule has 1 aliphatic heterocycles. The molecule has 0 aliphatic carbocycles. The van der Waals surface area contributed by atoms with Gasteiger partial charge in [-0.2, -0.15) is 0 Å². The van der Waals surface area contributed by atoms with E-state index in [1.54, 1.807) is 6.33 Å². The second-order valence-corrected chi connectivity index (χ2v) is 5.44. The van der Waals surface area contributed by atoms with E-state index in [1.807, 2.05) is 36.3 Å². The van der Waals surface area contributed by atoms with Crippen molar-refractivity contribution in [2.75, 3.05) is 0 Å². The summed E-state index contributed by atoms with van der Waals surface area (Å²) in [5, 5.41) is 0. The lowest BCUT2D eigenvalue weighted by atomic mass is 10.1. The third-order valence-electron chi connectivity index (χ3n) is 3.84. The van der Waals surface area contributed by atoms with Crippen molar-refractivity contribution in [1.82, 2.24) is 19.1 Å². The Morgan fingerprint density at radius 3 is 3.05 bits per heavy atom. The summed E-state index contributed by atoms with van der Waals surface area (Å²) in [6.07, 6.45) is 8.62. The van der Waals surface area contributed by atoms with E-state index in [-0.39, 0.29) is 6.10 Å². The number of aromatic nitrogens is 4. The third kappa shape index (κ3) is 1.93. The topological polar surface area (TPSA) is 44.9 Å². The molecule has 0 amide bonds. The zero-order valence-corrected chi connectivity index (χ0v) is 12.0. The molecule has 1 aliphatic rings. The minimum Gasteiger partial charge on any atom is -0.490 e. The second-order valence-electron chi connectivity index (χ2n) is 5.44. The monoisotopic (exact) mass is 280 g/mol. The normalized spacial score (nSPS) is 16.8. The van der Waals surface area contributed by atoms with E-state index < -0.39 is 0 Å². The smallest absolute Gasteiger partial charge is 0.162 e. The number of fused-ring (bicyclic) bond motifs is 1. The fraction of sp³-hybridized carbons (Fsp3) is 0.250. The Hall–Kier alpha value is -2.56. The van der Waals surface area contributed by atoms with Crippen LogP contribution in [0, 0.1) is 0 Å². The molecule has 106 valence electrons. The van der Waals surface area contributed by atoms with Gasteiger partial charge in [0.25, 0.3) is 0 Å². The Morgan fingerprint density at radius 1 is 1.33 bits per heavy atom. The van der Waals surface area contributed by atoms with E-state index in [9.17, 15) is 0 Å². The van der Waals surface area contributed by atoms with Crippen molar-refractivity contribution in [1.29, 1.82) is 0 Å². The zero-order chi connectivity index (χ0) is 14.4. The van der Waals surface area contributed by atoms with Crippen molar-refractivity contribution in [3.05, 3.63) is 48.7 Å². The van der Waals surface area contributed by atoms with Gasteiger partial charge < -0.3 is 9.30 Å². The molecule has 1 atom stereocenters. The molecule has 3 aromatic rings. The van der Waals surface area contributed by atoms with E-state index in [0.717, 1.165) is 29.4 Å². The summed E-state index contributed by atoms with van der Waals surface area (Å²) in [7, 11) is 1.97. The maximum Gasteiger partial charge on any atom is 0.162 e. The summed E-state index contributed by atoms with van der Waals surface area (Å²) < 4.78 is 9.81. The number of nitrogens with zero attached hydrogens (tertiary/aromatic N) is 4. The molecule has 0 bridgehead atoms. The fourth-order valence-corrected chi connectivity index (χ4v) is 2.83. The molecule has 5 nitrogen and oxygen atoms in total. The average Bonchev–Trinajstić information content (AvgIpc) is 3.15. The van der Waals surface area contributed by atoms with E-state index >= 15 is 0 Å². The molecule has 0 saturated heterocycles. The van der Waals surface area contributed by atoms with Gasteiger partial charge in [0.2, 0.25) is 0 Å². The van der Waals surface area contributed by atoms with Crippen LogP contribution in [0.25, 0.3) is 17.2 Å². The number of hydrogen-bond donors (Lipinski definition) is 0. The number of benzene rings is 1. The van der Waals surface area contributed by atoms with Gasteiger partial charge in [-0.3, -0.25) is 4.57 Å². The molecule has 0 saturated carbocycles. The van der Waals surface area contributed by atoms with Gasteiger partial charge in [0, 0.05) is 31.5 Å². The molecular formula is C16H16N4O. The van der Waals surface area contributed by atoms with Gasteiger partial charge in [0.05, 0.1) is 12.5 Å². The van der Waals surface area contributed by atoms with E-state index in [4.69, 9.17) is 4.74 Å². The van der Waals surface area contributed by atoms with Crippen molar-refractivity contribution in [3.63, 3.8) is 0 Å². The minimum atomic E-state index is 0.259. The molecule has 0 fully saturated rings. The first-order chi connectivity index (χ1) is 10.2. The molecule has 0 N–H and O–H groups in total. The lowest BCUT2D eigenvalue weighted by Gasteiger charge is -2.09. The van der Waals surface area contributed by atoms with Gasteiger partial charge in [-0.05, 0) is 30.7 Å². The number of hydrogen-bond acceptors (Lipinski definition) is 3. The molecular weight excluding hydrogens is 264 g/mol. The van der Waals surface area contributed by atoms with Crippen molar-refractivity contribution in [2.45, 2.75) is 19.4 Å². The first kappa shape index (κ1) is 12.2. The average molecular weight is 280 g/mol. The summed E-state index contributed by atoms with van der Waals surface area (Å²) in [6, 6.07) is 6.29. The quantitative estimate of drug-likeness (QED) is 0.725. The van der Waals surface area contributed by atoms with Crippen molar-refractivity contribution in [2.24, 2.45) is 7.05 Å². The van der Waals surface area contributed by atoms with Crippen molar-refractivity contribution >= 4 is 0 Å². The van der Waals surface area contributed by atoms with Crippen LogP contribution in [0.15, 0.2) is 43.1 Å². The maximum atomic E-state index is 5.76. The first-order valence-electron chi connectivity index (χ1n) is 7.02. The predicted octanol–water partition coefficient (Wildman–Crippen LogP) is 2.60. The molecule has 2 aromatic heterocycles. The fourth-order valence-electron chi connectivity index (χ4n) is 2.83. The Labute approximate surface area is 122 Å². The number of rotatable bonds is 2. The predicted molar refractivity (Wildman–Crippen MR) is 79.6 cm³/mol. The van der Waals surface area contributed by atoms with Gasteiger partial charge >= 0.3 is 0 Å². The summed E-state index contributed by atoms with van der Waals surface area (Å²) in [5.41, 5.74) is 3.34. The first-order valence-corrected chi connectivity index (χ1v) is 7.02. The maximum absolute atomic E-state index is 5.76. The molecule has 0 radical (unpaired) electrons. The van der Waals surface area contributed by atoms with Gasteiger partial charge in [-0.1, -0.05) is 0 Å². The van der Waals surface area contributed by atoms with Crippen LogP contribution in [0.5, 0.6) is 5.75 Å². The van der Waals surface area contributed by atoms with E-state index in [2.05, 4.69) is 33.6 Å². The third-order valence-corrected chi connectivity index (χ3v) is 3.84. The number of aryl methyl sites for hydroxylation is 1. The van der Waals surface area contributed by atoms with Gasteiger partial charge in [-0.25, -0.2) is 9.97 Å². The molecule has 5 heteroatoms. The Bertz CT molecular complexity index is 802. The molecule has 1 unspecified atom stereocenters. The highest BCUT2D eigenvalue weighted by molar-refractivity contribution is 5.56. The highest BCUT2D eigenvalue weighted by Crippen LogP contribution is 2.31. The van der Waals surface area contributed by atoms with Crippen LogP contribution in [0.2, 0.25) is 0 Å². The number of imidazole rings is 2. The minimum absolute atomic E-state index is 0.259. The van der Waals surface area contributed by atoms with Crippen LogP contribution in [0.1, 0.15) is 12.5 Å². The SMILES string of the molecule is CC1Cc2cc(-n3ccnc3-c3cncn3C)ccc2O1. The summed E-state index contributed by atoms with van der Waals surface area (Å²) >= 11 is 0. The van der Waals surface area contributed by atoms with E-state index in [1.165, 1.54) is 5.56 Å². The van der Waals surface area contributed by atoms with Crippen molar-refractivity contribution in [3.8, 4) is 23.0 Å². The Morgan fingerprint density at radius 2 is 2.24 bits per heavy atom. The molecule has 4 rings (SSSR count). The molecule has 3 heterocycles. The van der Waals surface area contributed by atoms with Gasteiger partial charge in [0.1, 0.15) is 17.5 Å². The summed E-state index contributed by atoms with van der Waals surface area (Å²) in [5.74, 6) is 1.88.